The number of benzene rings is 1. The van der Waals surface area contributed by atoms with E-state index in [2.05, 4.69) is 0 Å². The Hall–Kier alpha value is -1.39. The van der Waals surface area contributed by atoms with Crippen molar-refractivity contribution in [2.24, 2.45) is 0 Å². The maximum atomic E-state index is 12.2. The summed E-state index contributed by atoms with van der Waals surface area (Å²) in [6, 6.07) is 8.73. The van der Waals surface area contributed by atoms with Crippen molar-refractivity contribution in [3.63, 3.8) is 0 Å². The predicted octanol–water partition coefficient (Wildman–Crippen LogP) is 3.03. The third kappa shape index (κ3) is 1.76. The molecule has 0 unspecified atom stereocenters. The average Bonchev–Trinajstić information content (AvgIpc) is 2.47. The number of hydrogen-bond donors (Lipinski definition) is 0. The van der Waals surface area contributed by atoms with Crippen molar-refractivity contribution in [2.75, 3.05) is 0 Å². The highest BCUT2D eigenvalue weighted by atomic mass is 19.4. The normalized spacial score (nSPS) is 12.2. The summed E-state index contributed by atoms with van der Waals surface area (Å²) in [6.45, 7) is -4.77. The second kappa shape index (κ2) is 3.08. The lowest BCUT2D eigenvalue weighted by Gasteiger charge is -2.15. The Labute approximate surface area is 79.2 Å². The van der Waals surface area contributed by atoms with E-state index in [1.807, 2.05) is 6.07 Å². The zero-order chi connectivity index (χ0) is 10.2. The Balaban J connectivity index is 2.44. The standard InChI is InChI=1S/C9H8BF3N/c11-10(12,13)7-14-6-5-8-3-1-2-4-9(8)14/h1-6H,7H2/q-1. The van der Waals surface area contributed by atoms with Gasteiger partial charge in [-0.3, -0.25) is 0 Å². The van der Waals surface area contributed by atoms with Gasteiger partial charge in [0.1, 0.15) is 0 Å². The van der Waals surface area contributed by atoms with Gasteiger partial charge in [0.2, 0.25) is 0 Å². The van der Waals surface area contributed by atoms with E-state index in [9.17, 15) is 12.9 Å². The summed E-state index contributed by atoms with van der Waals surface area (Å²) < 4.78 is 37.8. The van der Waals surface area contributed by atoms with Gasteiger partial charge in [0.15, 0.2) is 0 Å². The van der Waals surface area contributed by atoms with Crippen molar-refractivity contribution in [2.45, 2.75) is 6.44 Å². The first-order valence-corrected chi connectivity index (χ1v) is 4.31. The van der Waals surface area contributed by atoms with E-state index in [1.165, 1.54) is 10.8 Å². The van der Waals surface area contributed by atoms with Crippen LogP contribution in [0.15, 0.2) is 36.5 Å². The van der Waals surface area contributed by atoms with Gasteiger partial charge in [0.05, 0.1) is 0 Å². The van der Waals surface area contributed by atoms with Crippen LogP contribution in [0.1, 0.15) is 0 Å². The van der Waals surface area contributed by atoms with E-state index in [1.54, 1.807) is 24.3 Å². The van der Waals surface area contributed by atoms with Gasteiger partial charge >= 0.3 is 6.98 Å². The molecular formula is C9H8BF3N-. The van der Waals surface area contributed by atoms with Crippen molar-refractivity contribution < 1.29 is 12.9 Å². The van der Waals surface area contributed by atoms with Crippen LogP contribution in [0.3, 0.4) is 0 Å². The van der Waals surface area contributed by atoms with E-state index < -0.39 is 13.4 Å². The molecule has 0 aliphatic rings. The van der Waals surface area contributed by atoms with Crippen LogP contribution in [0, 0.1) is 0 Å². The minimum absolute atomic E-state index is 0.631. The first kappa shape index (κ1) is 9.18. The molecule has 0 bridgehead atoms. The Kier molecular flexibility index (Phi) is 2.02. The van der Waals surface area contributed by atoms with Crippen LogP contribution in [-0.2, 0) is 6.44 Å². The quantitative estimate of drug-likeness (QED) is 0.653. The molecule has 0 atom stereocenters. The van der Waals surface area contributed by atoms with E-state index in [-0.39, 0.29) is 0 Å². The molecule has 0 saturated carbocycles. The summed E-state index contributed by atoms with van der Waals surface area (Å²) in [5.41, 5.74) is 0.631. The van der Waals surface area contributed by atoms with Crippen molar-refractivity contribution in [3.05, 3.63) is 36.5 Å². The van der Waals surface area contributed by atoms with Gasteiger partial charge in [-0.2, -0.15) is 0 Å². The molecule has 0 amide bonds. The Morgan fingerprint density at radius 2 is 1.79 bits per heavy atom. The van der Waals surface area contributed by atoms with Gasteiger partial charge in [-0.1, -0.05) is 18.2 Å². The van der Waals surface area contributed by atoms with Gasteiger partial charge in [-0.05, 0) is 24.0 Å². The molecule has 1 nitrogen and oxygen atoms in total. The molecule has 0 N–H and O–H groups in total. The molecule has 0 radical (unpaired) electrons. The zero-order valence-corrected chi connectivity index (χ0v) is 7.33. The molecule has 1 aromatic carbocycles. The molecule has 5 heteroatoms. The van der Waals surface area contributed by atoms with Crippen LogP contribution in [0.2, 0.25) is 0 Å². The third-order valence-corrected chi connectivity index (χ3v) is 2.08. The Morgan fingerprint density at radius 1 is 1.07 bits per heavy atom. The first-order chi connectivity index (χ1) is 6.56. The van der Waals surface area contributed by atoms with Crippen molar-refractivity contribution >= 4 is 17.9 Å². The minimum Gasteiger partial charge on any atom is -0.448 e. The van der Waals surface area contributed by atoms with Gasteiger partial charge in [0.25, 0.3) is 0 Å². The maximum absolute atomic E-state index is 12.2. The highest BCUT2D eigenvalue weighted by Gasteiger charge is 2.23. The molecule has 1 aromatic heterocycles. The van der Waals surface area contributed by atoms with Crippen LogP contribution in [-0.4, -0.2) is 11.5 Å². The maximum Gasteiger partial charge on any atom is 0.497 e. The number of rotatable bonds is 2. The highest BCUT2D eigenvalue weighted by molar-refractivity contribution is 6.57. The SMILES string of the molecule is F[B-](F)(F)Cn1ccc2ccccc21. The van der Waals surface area contributed by atoms with E-state index in [4.69, 9.17) is 0 Å². The van der Waals surface area contributed by atoms with Crippen LogP contribution in [0.4, 0.5) is 12.9 Å². The molecule has 0 fully saturated rings. The monoisotopic (exact) mass is 198 g/mol. The van der Waals surface area contributed by atoms with E-state index in [0.29, 0.717) is 5.52 Å². The van der Waals surface area contributed by atoms with Crippen molar-refractivity contribution in [1.82, 2.24) is 4.57 Å². The van der Waals surface area contributed by atoms with E-state index >= 15 is 0 Å². The Morgan fingerprint density at radius 3 is 2.50 bits per heavy atom. The largest absolute Gasteiger partial charge is 0.497 e. The summed E-state index contributed by atoms with van der Waals surface area (Å²) in [7, 11) is 0. The fourth-order valence-electron chi connectivity index (χ4n) is 1.52. The number of fused-ring (bicyclic) bond motifs is 1. The molecule has 14 heavy (non-hydrogen) atoms. The number of nitrogens with zero attached hydrogens (tertiary/aromatic N) is 1. The van der Waals surface area contributed by atoms with Gasteiger partial charge < -0.3 is 17.5 Å². The van der Waals surface area contributed by atoms with E-state index in [0.717, 1.165) is 5.39 Å². The summed E-state index contributed by atoms with van der Waals surface area (Å²) in [6.07, 6.45) is 0.605. The third-order valence-electron chi connectivity index (χ3n) is 2.08. The lowest BCUT2D eigenvalue weighted by atomic mass is 9.92. The molecular weight excluding hydrogens is 190 g/mol. The number of aromatic nitrogens is 1. The second-order valence-corrected chi connectivity index (χ2v) is 3.24. The molecule has 0 aliphatic heterocycles. The molecule has 74 valence electrons. The Bertz CT molecular complexity index is 446. The highest BCUT2D eigenvalue weighted by Crippen LogP contribution is 2.19. The van der Waals surface area contributed by atoms with Crippen LogP contribution >= 0.6 is 0 Å². The molecule has 0 aliphatic carbocycles. The minimum atomic E-state index is -4.77. The predicted molar refractivity (Wildman–Crippen MR) is 51.0 cm³/mol. The fourth-order valence-corrected chi connectivity index (χ4v) is 1.52. The van der Waals surface area contributed by atoms with Crippen molar-refractivity contribution in [3.8, 4) is 0 Å². The summed E-state index contributed by atoms with van der Waals surface area (Å²) in [5.74, 6) is 0. The molecule has 2 rings (SSSR count). The smallest absolute Gasteiger partial charge is 0.448 e. The molecule has 0 saturated heterocycles. The summed E-state index contributed by atoms with van der Waals surface area (Å²) in [5, 5.41) is 0.840. The fraction of sp³-hybridized carbons (Fsp3) is 0.111. The van der Waals surface area contributed by atoms with Crippen LogP contribution < -0.4 is 0 Å². The molecule has 1 heterocycles. The molecule has 2 aromatic rings. The average molecular weight is 198 g/mol. The summed E-state index contributed by atoms with van der Waals surface area (Å²) >= 11 is 0. The molecule has 0 spiro atoms. The zero-order valence-electron chi connectivity index (χ0n) is 7.33. The topological polar surface area (TPSA) is 4.93 Å². The van der Waals surface area contributed by atoms with Gasteiger partial charge in [-0.15, -0.1) is 0 Å². The van der Waals surface area contributed by atoms with Crippen LogP contribution in [0.5, 0.6) is 0 Å². The van der Waals surface area contributed by atoms with Gasteiger partial charge in [0, 0.05) is 11.7 Å². The first-order valence-electron chi connectivity index (χ1n) is 4.31. The van der Waals surface area contributed by atoms with Crippen molar-refractivity contribution in [1.29, 1.82) is 0 Å². The number of hydrogen-bond acceptors (Lipinski definition) is 0. The lowest BCUT2D eigenvalue weighted by Crippen LogP contribution is -2.23. The van der Waals surface area contributed by atoms with Crippen LogP contribution in [0.25, 0.3) is 10.9 Å². The second-order valence-electron chi connectivity index (χ2n) is 3.24. The lowest BCUT2D eigenvalue weighted by molar-refractivity contribution is 0.448. The van der Waals surface area contributed by atoms with Gasteiger partial charge in [-0.25, -0.2) is 0 Å². The number of para-hydroxylation sites is 1. The number of halogens is 3. The summed E-state index contributed by atoms with van der Waals surface area (Å²) in [4.78, 5) is 0.